The normalized spacial score (nSPS) is 17.2. The zero-order valence-corrected chi connectivity index (χ0v) is 17.8. The molecule has 0 aromatic heterocycles. The van der Waals surface area contributed by atoms with Crippen LogP contribution in [0.2, 0.25) is 0 Å². The van der Waals surface area contributed by atoms with Gasteiger partial charge in [-0.25, -0.2) is 19.8 Å². The van der Waals surface area contributed by atoms with Gasteiger partial charge in [-0.05, 0) is 29.8 Å². The summed E-state index contributed by atoms with van der Waals surface area (Å²) in [4.78, 5) is 36.1. The summed E-state index contributed by atoms with van der Waals surface area (Å²) in [6.45, 7) is 0. The van der Waals surface area contributed by atoms with E-state index in [4.69, 9.17) is 0 Å². The van der Waals surface area contributed by atoms with Gasteiger partial charge in [0.2, 0.25) is 0 Å². The number of amidine groups is 2. The Morgan fingerprint density at radius 2 is 1.97 bits per heavy atom. The Morgan fingerprint density at radius 3 is 2.75 bits per heavy atom. The number of halogens is 1. The second-order valence-corrected chi connectivity index (χ2v) is 8.83. The second-order valence-electron chi connectivity index (χ2n) is 6.54. The van der Waals surface area contributed by atoms with E-state index in [0.717, 1.165) is 17.7 Å². The van der Waals surface area contributed by atoms with Crippen molar-refractivity contribution >= 4 is 62.6 Å². The topological polar surface area (TPSA) is 141 Å². The molecule has 2 aliphatic rings. The van der Waals surface area contributed by atoms with Crippen molar-refractivity contribution in [1.82, 2.24) is 5.32 Å². The molecule has 2 heterocycles. The van der Waals surface area contributed by atoms with Crippen LogP contribution in [0.1, 0.15) is 5.56 Å². The maximum atomic E-state index is 13.2. The molecule has 2 aromatic rings. The number of para-hydroxylation sites is 1. The van der Waals surface area contributed by atoms with E-state index in [1.807, 2.05) is 0 Å². The monoisotopic (exact) mass is 474 g/mol. The Morgan fingerprint density at radius 1 is 1.16 bits per heavy atom. The Labute approximate surface area is 186 Å². The number of nitrogens with zero attached hydrogens (tertiary/aromatic N) is 3. The number of benzene rings is 2. The Kier molecular flexibility index (Phi) is 6.01. The highest BCUT2D eigenvalue weighted by Gasteiger charge is 2.31. The maximum absolute atomic E-state index is 13.2. The number of carbonyl (C=O) groups is 2. The van der Waals surface area contributed by atoms with Gasteiger partial charge in [0.25, 0.3) is 5.91 Å². The second kappa shape index (κ2) is 8.88. The molecule has 1 atom stereocenters. The molecule has 2 aliphatic heterocycles. The molecular formula is C19H15FN6O4S2. The van der Waals surface area contributed by atoms with Gasteiger partial charge in [0.05, 0.1) is 6.34 Å². The number of carbonyl (C=O) groups excluding carboxylic acids is 2. The Balaban J connectivity index is 1.41. The first-order valence-corrected chi connectivity index (χ1v) is 11.5. The molecule has 0 saturated carbocycles. The van der Waals surface area contributed by atoms with E-state index < -0.39 is 27.2 Å². The predicted molar refractivity (Wildman–Crippen MR) is 120 cm³/mol. The Bertz CT molecular complexity index is 1290. The smallest absolute Gasteiger partial charge is 0.314 e. The van der Waals surface area contributed by atoms with Crippen LogP contribution in [0.15, 0.2) is 68.4 Å². The number of amides is 3. The lowest BCUT2D eigenvalue weighted by molar-refractivity contribution is -0.119. The third kappa shape index (κ3) is 5.00. The molecule has 13 heteroatoms. The third-order valence-electron chi connectivity index (χ3n) is 4.34. The number of hydrogen-bond acceptors (Lipinski definition) is 8. The van der Waals surface area contributed by atoms with Gasteiger partial charge in [-0.3, -0.25) is 4.79 Å². The van der Waals surface area contributed by atoms with Crippen LogP contribution in [0.25, 0.3) is 0 Å². The van der Waals surface area contributed by atoms with Crippen molar-refractivity contribution in [2.45, 2.75) is 16.7 Å². The maximum Gasteiger partial charge on any atom is 0.332 e. The molecule has 2 aromatic carbocycles. The highest BCUT2D eigenvalue weighted by atomic mass is 32.3. The fourth-order valence-corrected chi connectivity index (χ4v) is 4.25. The van der Waals surface area contributed by atoms with Crippen LogP contribution < -0.4 is 16.0 Å². The van der Waals surface area contributed by atoms with E-state index in [-0.39, 0.29) is 11.6 Å². The highest BCUT2D eigenvalue weighted by Crippen LogP contribution is 2.25. The molecule has 0 bridgehead atoms. The molecule has 10 nitrogen and oxygen atoms in total. The largest absolute Gasteiger partial charge is 0.332 e. The molecule has 0 saturated heterocycles. The van der Waals surface area contributed by atoms with E-state index in [2.05, 4.69) is 30.9 Å². The van der Waals surface area contributed by atoms with Crippen molar-refractivity contribution in [3.05, 3.63) is 54.1 Å². The minimum Gasteiger partial charge on any atom is -0.314 e. The van der Waals surface area contributed by atoms with Crippen LogP contribution >= 0.6 is 11.8 Å². The molecule has 0 fully saturated rings. The third-order valence-corrected chi connectivity index (χ3v) is 6.07. The van der Waals surface area contributed by atoms with E-state index in [0.29, 0.717) is 22.4 Å². The number of urea groups is 1. The van der Waals surface area contributed by atoms with Crippen LogP contribution in [-0.2, 0) is 20.8 Å². The van der Waals surface area contributed by atoms with Crippen molar-refractivity contribution in [3.63, 3.8) is 0 Å². The lowest BCUT2D eigenvalue weighted by Crippen LogP contribution is -2.40. The molecule has 32 heavy (non-hydrogen) atoms. The summed E-state index contributed by atoms with van der Waals surface area (Å²) in [5, 5.41) is 8.03. The van der Waals surface area contributed by atoms with Crippen molar-refractivity contribution in [1.29, 1.82) is 0 Å². The average Bonchev–Trinajstić information content (AvgIpc) is 3.17. The van der Waals surface area contributed by atoms with Crippen LogP contribution in [0, 0.1) is 0 Å². The van der Waals surface area contributed by atoms with Gasteiger partial charge < -0.3 is 16.0 Å². The van der Waals surface area contributed by atoms with Gasteiger partial charge in [-0.15, -0.1) is 3.89 Å². The first kappa shape index (κ1) is 21.6. The fraction of sp³-hybridized carbons (Fsp3) is 0.105. The van der Waals surface area contributed by atoms with Crippen molar-refractivity contribution in [2.24, 2.45) is 15.0 Å². The van der Waals surface area contributed by atoms with E-state index in [1.165, 1.54) is 30.2 Å². The first-order chi connectivity index (χ1) is 15.3. The zero-order chi connectivity index (χ0) is 22.7. The van der Waals surface area contributed by atoms with E-state index >= 15 is 0 Å². The molecule has 1 unspecified atom stereocenters. The SMILES string of the molecule is O=C(Nc1cccc(S(=O)(=O)F)c1)Nc1ccccc1CSC1=NC2C(=O)NC=NC2=N1. The van der Waals surface area contributed by atoms with Crippen molar-refractivity contribution < 1.29 is 21.9 Å². The molecule has 0 radical (unpaired) electrons. The number of anilines is 2. The van der Waals surface area contributed by atoms with Crippen LogP contribution in [-0.4, -0.2) is 43.7 Å². The molecule has 3 amide bonds. The Hall–Kier alpha value is -3.58. The average molecular weight is 474 g/mol. The highest BCUT2D eigenvalue weighted by molar-refractivity contribution is 8.13. The van der Waals surface area contributed by atoms with Crippen molar-refractivity contribution in [2.75, 3.05) is 10.6 Å². The fourth-order valence-electron chi connectivity index (χ4n) is 2.86. The van der Waals surface area contributed by atoms with Crippen molar-refractivity contribution in [3.8, 4) is 0 Å². The van der Waals surface area contributed by atoms with Gasteiger partial charge in [-0.1, -0.05) is 36.0 Å². The summed E-state index contributed by atoms with van der Waals surface area (Å²) >= 11 is 1.28. The van der Waals surface area contributed by atoms with E-state index in [9.17, 15) is 21.9 Å². The summed E-state index contributed by atoms with van der Waals surface area (Å²) < 4.78 is 35.2. The predicted octanol–water partition coefficient (Wildman–Crippen LogP) is 2.52. The lowest BCUT2D eigenvalue weighted by atomic mass is 10.2. The molecule has 0 aliphatic carbocycles. The molecule has 3 N–H and O–H groups in total. The minimum absolute atomic E-state index is 0.116. The molecule has 164 valence electrons. The number of thioether (sulfide) groups is 1. The standard InChI is InChI=1S/C19H15FN6O4S2/c20-32(29,30)13-6-3-5-12(8-13)23-18(28)24-14-7-2-1-4-11(14)9-31-19-25-15-16(26-19)21-10-22-17(15)27/h1-8,10,15H,9H2,(H2,23,24,28)(H,21,22,25,26,27). The minimum atomic E-state index is -4.88. The summed E-state index contributed by atoms with van der Waals surface area (Å²) in [7, 11) is -4.88. The van der Waals surface area contributed by atoms with Crippen LogP contribution in [0.3, 0.4) is 0 Å². The summed E-state index contributed by atoms with van der Waals surface area (Å²) in [5.41, 5.74) is 1.38. The lowest BCUT2D eigenvalue weighted by Gasteiger charge is -2.12. The van der Waals surface area contributed by atoms with E-state index in [1.54, 1.807) is 24.3 Å². The number of rotatable bonds is 5. The number of hydrogen-bond donors (Lipinski definition) is 3. The first-order valence-electron chi connectivity index (χ1n) is 9.12. The number of aliphatic imine (C=N–C) groups is 3. The number of nitrogens with one attached hydrogen (secondary N) is 3. The number of fused-ring (bicyclic) bond motifs is 1. The van der Waals surface area contributed by atoms with Gasteiger partial charge in [0.15, 0.2) is 17.0 Å². The summed E-state index contributed by atoms with van der Waals surface area (Å²) in [5.74, 6) is 0.442. The quantitative estimate of drug-likeness (QED) is 0.571. The van der Waals surface area contributed by atoms with Crippen LogP contribution in [0.5, 0.6) is 0 Å². The van der Waals surface area contributed by atoms with Crippen LogP contribution in [0.4, 0.5) is 20.1 Å². The summed E-state index contributed by atoms with van der Waals surface area (Å²) in [6, 6.07) is 10.5. The zero-order valence-electron chi connectivity index (χ0n) is 16.1. The molecule has 4 rings (SSSR count). The summed E-state index contributed by atoms with van der Waals surface area (Å²) in [6.07, 6.45) is 1.28. The molecular weight excluding hydrogens is 459 g/mol. The van der Waals surface area contributed by atoms with Gasteiger partial charge in [0.1, 0.15) is 4.90 Å². The van der Waals surface area contributed by atoms with Gasteiger partial charge in [0, 0.05) is 17.1 Å². The van der Waals surface area contributed by atoms with Gasteiger partial charge >= 0.3 is 16.3 Å². The van der Waals surface area contributed by atoms with Gasteiger partial charge in [-0.2, -0.15) is 8.42 Å². The molecule has 0 spiro atoms.